The summed E-state index contributed by atoms with van der Waals surface area (Å²) in [6.45, 7) is 3.63. The number of pyridine rings is 1. The van der Waals surface area contributed by atoms with E-state index >= 15 is 0 Å². The quantitative estimate of drug-likeness (QED) is 0.617. The molecule has 0 spiro atoms. The first kappa shape index (κ1) is 21.3. The van der Waals surface area contributed by atoms with Crippen LogP contribution in [0.25, 0.3) is 12.2 Å². The van der Waals surface area contributed by atoms with Gasteiger partial charge in [0.25, 0.3) is 10.1 Å². The number of hydrogen-bond donors (Lipinski definition) is 2. The first-order chi connectivity index (χ1) is 13.3. The number of hydrogen-bond acceptors (Lipinski definition) is 4. The summed E-state index contributed by atoms with van der Waals surface area (Å²) in [5, 5.41) is 3.10. The van der Waals surface area contributed by atoms with E-state index in [1.54, 1.807) is 25.1 Å². The van der Waals surface area contributed by atoms with Crippen molar-refractivity contribution in [2.45, 2.75) is 18.7 Å². The first-order valence-corrected chi connectivity index (χ1v) is 10.2. The zero-order chi connectivity index (χ0) is 20.6. The van der Waals surface area contributed by atoms with Crippen LogP contribution in [0.3, 0.4) is 0 Å². The van der Waals surface area contributed by atoms with Gasteiger partial charge in [0.1, 0.15) is 0 Å². The number of aromatic nitrogens is 1. The molecule has 0 aliphatic carbocycles. The highest BCUT2D eigenvalue weighted by molar-refractivity contribution is 7.85. The van der Waals surface area contributed by atoms with Gasteiger partial charge in [0.2, 0.25) is 0 Å². The van der Waals surface area contributed by atoms with Gasteiger partial charge in [-0.1, -0.05) is 42.5 Å². The molecule has 3 aromatic rings. The Labute approximate surface area is 166 Å². The molecule has 0 radical (unpaired) electrons. The smallest absolute Gasteiger partial charge is 0.294 e. The van der Waals surface area contributed by atoms with Gasteiger partial charge < -0.3 is 5.32 Å². The SMILES string of the molecule is CNc1ccc(C=Cc2ccnc(C)c2)cc1.Cc1ccccc1S(=O)(=O)O. The molecule has 0 saturated carbocycles. The first-order valence-electron chi connectivity index (χ1n) is 8.71. The van der Waals surface area contributed by atoms with E-state index in [1.807, 2.05) is 26.2 Å². The monoisotopic (exact) mass is 396 g/mol. The van der Waals surface area contributed by atoms with Crippen LogP contribution in [0.2, 0.25) is 0 Å². The summed E-state index contributed by atoms with van der Waals surface area (Å²) in [4.78, 5) is 4.15. The maximum Gasteiger partial charge on any atom is 0.294 e. The molecule has 28 heavy (non-hydrogen) atoms. The standard InChI is InChI=1S/C15H16N2.C7H8O3S/c1-12-11-14(9-10-17-12)4-3-13-5-7-15(16-2)8-6-13;1-6-4-2-3-5-7(6)11(8,9)10/h3-11,16H,1-2H3;2-5H,1H3,(H,8,9,10). The molecule has 2 aromatic carbocycles. The molecule has 0 unspecified atom stereocenters. The molecule has 0 amide bonds. The van der Waals surface area contributed by atoms with Gasteiger partial charge in [-0.3, -0.25) is 9.54 Å². The third kappa shape index (κ3) is 6.64. The number of nitrogens with zero attached hydrogens (tertiary/aromatic N) is 1. The fourth-order valence-electron chi connectivity index (χ4n) is 2.47. The number of benzene rings is 2. The molecule has 0 aliphatic heterocycles. The molecule has 5 nitrogen and oxygen atoms in total. The van der Waals surface area contributed by atoms with E-state index < -0.39 is 10.1 Å². The minimum absolute atomic E-state index is 0.0278. The molecule has 0 bridgehead atoms. The van der Waals surface area contributed by atoms with Crippen LogP contribution in [0, 0.1) is 13.8 Å². The molecule has 0 saturated heterocycles. The average Bonchev–Trinajstić information content (AvgIpc) is 2.67. The average molecular weight is 397 g/mol. The van der Waals surface area contributed by atoms with Gasteiger partial charge in [0.05, 0.1) is 4.90 Å². The van der Waals surface area contributed by atoms with E-state index in [9.17, 15) is 8.42 Å². The molecular formula is C22H24N2O3S. The summed E-state index contributed by atoms with van der Waals surface area (Å²) in [6.07, 6.45) is 6.04. The van der Waals surface area contributed by atoms with E-state index in [4.69, 9.17) is 4.55 Å². The van der Waals surface area contributed by atoms with Crippen molar-refractivity contribution < 1.29 is 13.0 Å². The van der Waals surface area contributed by atoms with Crippen molar-refractivity contribution in [3.05, 3.63) is 89.2 Å². The highest BCUT2D eigenvalue weighted by Crippen LogP contribution is 2.13. The summed E-state index contributed by atoms with van der Waals surface area (Å²) in [7, 11) is -2.11. The second kappa shape index (κ2) is 9.82. The molecule has 0 atom stereocenters. The second-order valence-electron chi connectivity index (χ2n) is 6.18. The summed E-state index contributed by atoms with van der Waals surface area (Å²) in [6, 6.07) is 18.7. The molecule has 2 N–H and O–H groups in total. The van der Waals surface area contributed by atoms with E-state index in [1.165, 1.54) is 17.2 Å². The Morgan fingerprint density at radius 3 is 2.11 bits per heavy atom. The van der Waals surface area contributed by atoms with E-state index in [0.717, 1.165) is 11.4 Å². The Morgan fingerprint density at radius 1 is 0.929 bits per heavy atom. The molecule has 1 aromatic heterocycles. The van der Waals surface area contributed by atoms with Gasteiger partial charge in [-0.2, -0.15) is 8.42 Å². The van der Waals surface area contributed by atoms with Crippen LogP contribution in [-0.4, -0.2) is 25.0 Å². The van der Waals surface area contributed by atoms with Crippen LogP contribution in [-0.2, 0) is 10.1 Å². The molecule has 1 heterocycles. The number of aryl methyl sites for hydroxylation is 2. The fraction of sp³-hybridized carbons (Fsp3) is 0.136. The number of anilines is 1. The van der Waals surface area contributed by atoms with Crippen LogP contribution in [0.1, 0.15) is 22.4 Å². The summed E-state index contributed by atoms with van der Waals surface area (Å²) < 4.78 is 29.9. The Balaban J connectivity index is 0.000000221. The van der Waals surface area contributed by atoms with Crippen LogP contribution in [0.5, 0.6) is 0 Å². The lowest BCUT2D eigenvalue weighted by atomic mass is 10.1. The lowest BCUT2D eigenvalue weighted by Crippen LogP contribution is -1.99. The Hall–Kier alpha value is -2.96. The van der Waals surface area contributed by atoms with Crippen molar-refractivity contribution in [3.8, 4) is 0 Å². The van der Waals surface area contributed by atoms with Crippen LogP contribution < -0.4 is 5.32 Å². The molecule has 0 fully saturated rings. The highest BCUT2D eigenvalue weighted by atomic mass is 32.2. The normalized spacial score (nSPS) is 11.0. The Bertz CT molecular complexity index is 1040. The maximum absolute atomic E-state index is 10.6. The summed E-state index contributed by atoms with van der Waals surface area (Å²) in [5.74, 6) is 0. The Kier molecular flexibility index (Phi) is 7.49. The lowest BCUT2D eigenvalue weighted by molar-refractivity contribution is 0.482. The van der Waals surface area contributed by atoms with Crippen molar-refractivity contribution in [3.63, 3.8) is 0 Å². The summed E-state index contributed by atoms with van der Waals surface area (Å²) in [5.41, 5.74) is 5.09. The zero-order valence-electron chi connectivity index (χ0n) is 16.1. The van der Waals surface area contributed by atoms with E-state index in [-0.39, 0.29) is 4.90 Å². The lowest BCUT2D eigenvalue weighted by Gasteiger charge is -1.99. The van der Waals surface area contributed by atoms with Crippen molar-refractivity contribution in [2.75, 3.05) is 12.4 Å². The fourth-order valence-corrected chi connectivity index (χ4v) is 3.20. The van der Waals surface area contributed by atoms with Gasteiger partial charge >= 0.3 is 0 Å². The van der Waals surface area contributed by atoms with Gasteiger partial charge in [-0.15, -0.1) is 0 Å². The maximum atomic E-state index is 10.6. The summed E-state index contributed by atoms with van der Waals surface area (Å²) >= 11 is 0. The predicted octanol–water partition coefficient (Wildman–Crippen LogP) is 4.84. The highest BCUT2D eigenvalue weighted by Gasteiger charge is 2.10. The van der Waals surface area contributed by atoms with Gasteiger partial charge in [-0.05, 0) is 60.9 Å². The topological polar surface area (TPSA) is 79.3 Å². The minimum atomic E-state index is -4.03. The number of rotatable bonds is 4. The largest absolute Gasteiger partial charge is 0.388 e. The van der Waals surface area contributed by atoms with Crippen LogP contribution in [0.15, 0.2) is 71.8 Å². The molecule has 0 aliphatic rings. The van der Waals surface area contributed by atoms with Crippen molar-refractivity contribution in [1.82, 2.24) is 4.98 Å². The molecule has 6 heteroatoms. The Morgan fingerprint density at radius 2 is 1.57 bits per heavy atom. The van der Waals surface area contributed by atoms with E-state index in [2.05, 4.69) is 52.8 Å². The van der Waals surface area contributed by atoms with Gasteiger partial charge in [0, 0.05) is 24.6 Å². The zero-order valence-corrected chi connectivity index (χ0v) is 16.9. The second-order valence-corrected chi connectivity index (χ2v) is 7.57. The molecule has 3 rings (SSSR count). The van der Waals surface area contributed by atoms with Crippen molar-refractivity contribution >= 4 is 28.0 Å². The van der Waals surface area contributed by atoms with E-state index in [0.29, 0.717) is 5.56 Å². The predicted molar refractivity (Wildman–Crippen MR) is 115 cm³/mol. The van der Waals surface area contributed by atoms with Crippen molar-refractivity contribution in [2.24, 2.45) is 0 Å². The van der Waals surface area contributed by atoms with Gasteiger partial charge in [0.15, 0.2) is 0 Å². The van der Waals surface area contributed by atoms with Gasteiger partial charge in [-0.25, -0.2) is 0 Å². The van der Waals surface area contributed by atoms with Crippen LogP contribution in [0.4, 0.5) is 5.69 Å². The minimum Gasteiger partial charge on any atom is -0.388 e. The molecule has 146 valence electrons. The van der Waals surface area contributed by atoms with Crippen molar-refractivity contribution in [1.29, 1.82) is 0 Å². The third-order valence-corrected chi connectivity index (χ3v) is 4.97. The third-order valence-electron chi connectivity index (χ3n) is 3.96. The van der Waals surface area contributed by atoms with Crippen LogP contribution >= 0.6 is 0 Å². The number of nitrogens with one attached hydrogen (secondary N) is 1. The molecular weight excluding hydrogens is 372 g/mol.